The molecule has 1 N–H and O–H groups in total. The maximum atomic E-state index is 12.6. The molecular weight excluding hydrogens is 424 g/mol. The Bertz CT molecular complexity index is 994. The summed E-state index contributed by atoms with van der Waals surface area (Å²) in [5.41, 5.74) is 1.19. The molecule has 1 amide bonds. The van der Waals surface area contributed by atoms with Crippen LogP contribution in [0.3, 0.4) is 0 Å². The Hall–Kier alpha value is -2.77. The van der Waals surface area contributed by atoms with Gasteiger partial charge >= 0.3 is 5.97 Å². The number of hydrogen-bond donors (Lipinski definition) is 1. The van der Waals surface area contributed by atoms with Crippen LogP contribution in [0.1, 0.15) is 22.7 Å². The summed E-state index contributed by atoms with van der Waals surface area (Å²) in [6.07, 6.45) is 3.94. The predicted octanol–water partition coefficient (Wildman–Crippen LogP) is 4.59. The Balaban J connectivity index is 1.62. The van der Waals surface area contributed by atoms with E-state index in [0.29, 0.717) is 28.5 Å². The van der Waals surface area contributed by atoms with Crippen molar-refractivity contribution in [2.75, 3.05) is 12.0 Å². The van der Waals surface area contributed by atoms with Gasteiger partial charge in [-0.1, -0.05) is 54.1 Å². The molecule has 0 aliphatic heterocycles. The van der Waals surface area contributed by atoms with Crippen LogP contribution in [0.4, 0.5) is 0 Å². The summed E-state index contributed by atoms with van der Waals surface area (Å²) in [5, 5.41) is 3.03. The van der Waals surface area contributed by atoms with E-state index in [9.17, 15) is 9.59 Å². The van der Waals surface area contributed by atoms with Crippen LogP contribution in [0, 0.1) is 0 Å². The van der Waals surface area contributed by atoms with Crippen molar-refractivity contribution >= 4 is 35.2 Å². The van der Waals surface area contributed by atoms with Crippen LogP contribution in [0.2, 0.25) is 5.02 Å². The maximum Gasteiger partial charge on any atom is 0.329 e. The van der Waals surface area contributed by atoms with Gasteiger partial charge in [-0.25, -0.2) is 9.78 Å². The number of halogens is 1. The Morgan fingerprint density at radius 3 is 2.63 bits per heavy atom. The highest BCUT2D eigenvalue weighted by Crippen LogP contribution is 2.20. The molecule has 6 nitrogen and oxygen atoms in total. The standard InChI is InChI=1S/C22H21ClN2O4S/c1-30-12-11-18(25-21(26)16-9-5-6-10-17(16)23)22(27)28-14-20-24-13-19(29-20)15-7-3-2-4-8-15/h2-10,13,18H,11-12,14H2,1H3,(H,25,26). The Morgan fingerprint density at radius 1 is 1.17 bits per heavy atom. The minimum Gasteiger partial charge on any atom is -0.454 e. The fraction of sp³-hybridized carbons (Fsp3) is 0.227. The van der Waals surface area contributed by atoms with Crippen molar-refractivity contribution in [3.63, 3.8) is 0 Å². The summed E-state index contributed by atoms with van der Waals surface area (Å²) in [6.45, 7) is -0.122. The van der Waals surface area contributed by atoms with Gasteiger partial charge in [0.2, 0.25) is 5.89 Å². The van der Waals surface area contributed by atoms with E-state index in [1.165, 1.54) is 0 Å². The molecule has 0 saturated carbocycles. The van der Waals surface area contributed by atoms with Crippen LogP contribution >= 0.6 is 23.4 Å². The van der Waals surface area contributed by atoms with Crippen molar-refractivity contribution in [2.45, 2.75) is 19.1 Å². The second kappa shape index (κ2) is 10.8. The summed E-state index contributed by atoms with van der Waals surface area (Å²) in [5.74, 6) is 0.575. The third-order valence-corrected chi connectivity index (χ3v) is 5.24. The normalized spacial score (nSPS) is 11.7. The van der Waals surface area contributed by atoms with Gasteiger partial charge in [0.05, 0.1) is 16.8 Å². The van der Waals surface area contributed by atoms with E-state index < -0.39 is 17.9 Å². The fourth-order valence-electron chi connectivity index (χ4n) is 2.71. The minimum absolute atomic E-state index is 0.122. The van der Waals surface area contributed by atoms with Gasteiger partial charge in [-0.2, -0.15) is 11.8 Å². The fourth-order valence-corrected chi connectivity index (χ4v) is 3.41. The summed E-state index contributed by atoms with van der Waals surface area (Å²) in [7, 11) is 0. The number of oxazole rings is 1. The molecule has 2 aromatic carbocycles. The van der Waals surface area contributed by atoms with E-state index in [0.717, 1.165) is 5.56 Å². The molecule has 0 radical (unpaired) electrons. The topological polar surface area (TPSA) is 81.4 Å². The molecule has 3 rings (SSSR count). The summed E-state index contributed by atoms with van der Waals surface area (Å²) >= 11 is 7.65. The first-order valence-corrected chi connectivity index (χ1v) is 11.1. The van der Waals surface area contributed by atoms with Crippen LogP contribution in [-0.2, 0) is 16.1 Å². The Labute approximate surface area is 184 Å². The minimum atomic E-state index is -0.801. The van der Waals surface area contributed by atoms with Crippen molar-refractivity contribution in [3.8, 4) is 11.3 Å². The van der Waals surface area contributed by atoms with E-state index in [-0.39, 0.29) is 12.5 Å². The third kappa shape index (κ3) is 5.87. The number of nitrogens with one attached hydrogen (secondary N) is 1. The molecule has 0 aliphatic rings. The van der Waals surface area contributed by atoms with Crippen molar-refractivity contribution in [1.82, 2.24) is 10.3 Å². The number of nitrogens with zero attached hydrogens (tertiary/aromatic N) is 1. The number of ether oxygens (including phenoxy) is 1. The molecule has 0 spiro atoms. The molecule has 1 heterocycles. The lowest BCUT2D eigenvalue weighted by Crippen LogP contribution is -2.42. The molecule has 8 heteroatoms. The van der Waals surface area contributed by atoms with Crippen molar-refractivity contribution in [3.05, 3.63) is 77.3 Å². The highest BCUT2D eigenvalue weighted by molar-refractivity contribution is 7.98. The first-order valence-electron chi connectivity index (χ1n) is 9.29. The van der Waals surface area contributed by atoms with E-state index in [1.807, 2.05) is 36.6 Å². The molecule has 30 heavy (non-hydrogen) atoms. The number of carbonyl (C=O) groups is 2. The molecule has 0 aliphatic carbocycles. The highest BCUT2D eigenvalue weighted by Gasteiger charge is 2.24. The smallest absolute Gasteiger partial charge is 0.329 e. The number of thioether (sulfide) groups is 1. The lowest BCUT2D eigenvalue weighted by molar-refractivity contribution is -0.148. The van der Waals surface area contributed by atoms with Gasteiger partial charge < -0.3 is 14.5 Å². The van der Waals surface area contributed by atoms with Crippen LogP contribution < -0.4 is 5.32 Å². The van der Waals surface area contributed by atoms with Crippen molar-refractivity contribution < 1.29 is 18.7 Å². The monoisotopic (exact) mass is 444 g/mol. The van der Waals surface area contributed by atoms with E-state index in [1.54, 1.807) is 42.2 Å². The number of aromatic nitrogens is 1. The number of benzene rings is 2. The van der Waals surface area contributed by atoms with E-state index in [4.69, 9.17) is 20.8 Å². The van der Waals surface area contributed by atoms with Crippen LogP contribution in [0.25, 0.3) is 11.3 Å². The Morgan fingerprint density at radius 2 is 1.90 bits per heavy atom. The number of hydrogen-bond acceptors (Lipinski definition) is 6. The highest BCUT2D eigenvalue weighted by atomic mass is 35.5. The summed E-state index contributed by atoms with van der Waals surface area (Å²) in [6, 6.07) is 15.4. The number of esters is 1. The Kier molecular flexibility index (Phi) is 7.93. The molecular formula is C22H21ClN2O4S. The summed E-state index contributed by atoms with van der Waals surface area (Å²) in [4.78, 5) is 29.3. The largest absolute Gasteiger partial charge is 0.454 e. The number of carbonyl (C=O) groups excluding carboxylic acids is 2. The second-order valence-electron chi connectivity index (χ2n) is 6.38. The van der Waals surface area contributed by atoms with Crippen LogP contribution in [-0.4, -0.2) is 34.9 Å². The summed E-state index contributed by atoms with van der Waals surface area (Å²) < 4.78 is 11.0. The lowest BCUT2D eigenvalue weighted by Gasteiger charge is -2.17. The molecule has 0 saturated heterocycles. The van der Waals surface area contributed by atoms with Gasteiger partial charge in [-0.3, -0.25) is 4.79 Å². The molecule has 156 valence electrons. The van der Waals surface area contributed by atoms with Crippen LogP contribution in [0.15, 0.2) is 65.2 Å². The average Bonchev–Trinajstić information content (AvgIpc) is 3.25. The second-order valence-corrected chi connectivity index (χ2v) is 7.77. The maximum absolute atomic E-state index is 12.6. The quantitative estimate of drug-likeness (QED) is 0.486. The van der Waals surface area contributed by atoms with Gasteiger partial charge in [0, 0.05) is 5.56 Å². The molecule has 0 fully saturated rings. The molecule has 0 bridgehead atoms. The SMILES string of the molecule is CSCCC(NC(=O)c1ccccc1Cl)C(=O)OCc1ncc(-c2ccccc2)o1. The van der Waals surface area contributed by atoms with E-state index >= 15 is 0 Å². The van der Waals surface area contributed by atoms with Crippen molar-refractivity contribution in [1.29, 1.82) is 0 Å². The zero-order valence-electron chi connectivity index (χ0n) is 16.3. The van der Waals surface area contributed by atoms with Gasteiger partial charge in [-0.15, -0.1) is 0 Å². The molecule has 1 unspecified atom stereocenters. The number of amides is 1. The van der Waals surface area contributed by atoms with Crippen LogP contribution in [0.5, 0.6) is 0 Å². The zero-order chi connectivity index (χ0) is 21.3. The van der Waals surface area contributed by atoms with Gasteiger partial charge in [0.1, 0.15) is 6.04 Å². The predicted molar refractivity (Wildman–Crippen MR) is 117 cm³/mol. The van der Waals surface area contributed by atoms with Gasteiger partial charge in [-0.05, 0) is 30.6 Å². The first kappa shape index (κ1) is 21.9. The zero-order valence-corrected chi connectivity index (χ0v) is 17.9. The first-order chi connectivity index (χ1) is 14.6. The molecule has 3 aromatic rings. The van der Waals surface area contributed by atoms with Gasteiger partial charge in [0.15, 0.2) is 12.4 Å². The number of rotatable bonds is 9. The average molecular weight is 445 g/mol. The van der Waals surface area contributed by atoms with Crippen molar-refractivity contribution in [2.24, 2.45) is 0 Å². The molecule has 1 aromatic heterocycles. The molecule has 1 atom stereocenters. The third-order valence-electron chi connectivity index (χ3n) is 4.27. The van der Waals surface area contributed by atoms with E-state index in [2.05, 4.69) is 10.3 Å². The van der Waals surface area contributed by atoms with Gasteiger partial charge in [0.25, 0.3) is 5.91 Å². The lowest BCUT2D eigenvalue weighted by atomic mass is 10.1.